The van der Waals surface area contributed by atoms with Crippen molar-refractivity contribution in [2.45, 2.75) is 138 Å². The SMILES string of the molecule is CSC1CC(=O)N(CC2CCC(C(=O)NCCCCCC(=O)NCCCCCC(=O)NCCCCCS[C@@H]3OC(CO)[C@H](O)[C@H](O)C3[NH-])CC2)C1=O.[Ac]. The molecule has 7 N–H and O–H groups in total. The van der Waals surface area contributed by atoms with Gasteiger partial charge in [-0.25, -0.2) is 0 Å². The largest absolute Gasteiger partial charge is 0.670 e. The fourth-order valence-corrected chi connectivity index (χ4v) is 8.72. The van der Waals surface area contributed by atoms with E-state index in [9.17, 15) is 39.3 Å². The number of carbonyl (C=O) groups is 5. The zero-order chi connectivity index (χ0) is 37.9. The first kappa shape index (κ1) is 48.6. The van der Waals surface area contributed by atoms with Gasteiger partial charge < -0.3 is 41.7 Å². The van der Waals surface area contributed by atoms with Crippen LogP contribution in [0.1, 0.15) is 103 Å². The number of hydrogen-bond acceptors (Lipinski definition) is 11. The smallest absolute Gasteiger partial charge is 0.242 e. The monoisotopic (exact) mass is 999 g/mol. The summed E-state index contributed by atoms with van der Waals surface area (Å²) in [6.07, 6.45) is 10.4. The number of aliphatic hydroxyl groups excluding tert-OH is 3. The standard InChI is InChI=1S/C36H62N5O9S2.Ac/c1-51-27-21-30(45)41(35(27)49)22-24-13-15-25(16-14-24)34(48)40-19-8-3-6-12-28(43)38-17-7-2-5-11-29(44)39-18-9-4-10-20-52-36-31(37)33(47)32(46)26(23-42)50-36;/h24-27,31-33,36-37,42,46-47H,2-23H2,1H3,(H,38,43)(H,39,44)(H,40,48);/q-1;/t24?,25?,26?,27?,31?,32-,33+,36-;/m0./s1. The average Bonchev–Trinajstić information content (AvgIpc) is 3.41. The molecule has 0 aromatic rings. The molecule has 1 radical (unpaired) electrons. The molecule has 2 saturated heterocycles. The molecule has 2 aliphatic heterocycles. The minimum Gasteiger partial charge on any atom is -0.670 e. The van der Waals surface area contributed by atoms with Gasteiger partial charge in [-0.15, -0.1) is 11.8 Å². The molecule has 1 aliphatic carbocycles. The summed E-state index contributed by atoms with van der Waals surface area (Å²) >= 11 is 2.83. The van der Waals surface area contributed by atoms with Crippen molar-refractivity contribution in [2.75, 3.05) is 44.8 Å². The van der Waals surface area contributed by atoms with Gasteiger partial charge in [0.05, 0.1) is 23.4 Å². The van der Waals surface area contributed by atoms with Crippen molar-refractivity contribution < 1.29 is 88.1 Å². The molecule has 3 unspecified atom stereocenters. The van der Waals surface area contributed by atoms with E-state index in [0.29, 0.717) is 51.2 Å². The summed E-state index contributed by atoms with van der Waals surface area (Å²) in [6.45, 7) is 1.85. The van der Waals surface area contributed by atoms with Crippen molar-refractivity contribution in [3.63, 3.8) is 0 Å². The van der Waals surface area contributed by atoms with Crippen LogP contribution in [0.5, 0.6) is 0 Å². The van der Waals surface area contributed by atoms with Crippen molar-refractivity contribution in [3.8, 4) is 0 Å². The third kappa shape index (κ3) is 17.3. The Morgan fingerprint density at radius 3 is 1.94 bits per heavy atom. The molecular weight excluding hydrogens is 938 g/mol. The van der Waals surface area contributed by atoms with Crippen LogP contribution in [-0.2, 0) is 28.7 Å². The van der Waals surface area contributed by atoms with Crippen molar-refractivity contribution in [1.82, 2.24) is 20.9 Å². The van der Waals surface area contributed by atoms with Crippen LogP contribution in [0.15, 0.2) is 0 Å². The number of unbranched alkanes of at least 4 members (excludes halogenated alkanes) is 6. The predicted molar refractivity (Wildman–Crippen MR) is 202 cm³/mol. The van der Waals surface area contributed by atoms with E-state index in [-0.39, 0.29) is 90.7 Å². The van der Waals surface area contributed by atoms with Crippen molar-refractivity contribution in [3.05, 3.63) is 5.73 Å². The molecule has 53 heavy (non-hydrogen) atoms. The number of ether oxygens (including phenoxy) is 1. The molecule has 5 amide bonds. The zero-order valence-corrected chi connectivity index (χ0v) is 37.7. The van der Waals surface area contributed by atoms with Gasteiger partial charge in [0.15, 0.2) is 0 Å². The molecule has 3 rings (SSSR count). The Balaban J connectivity index is 0.00000972. The van der Waals surface area contributed by atoms with Crippen LogP contribution in [0.3, 0.4) is 0 Å². The second-order valence-corrected chi connectivity index (χ2v) is 16.5. The maximum absolute atomic E-state index is 12.6. The first-order chi connectivity index (χ1) is 25.0. The number of thioether (sulfide) groups is 2. The predicted octanol–water partition coefficient (Wildman–Crippen LogP) is 2.52. The second-order valence-electron chi connectivity index (χ2n) is 14.3. The van der Waals surface area contributed by atoms with Gasteiger partial charge in [0.25, 0.3) is 0 Å². The van der Waals surface area contributed by atoms with Gasteiger partial charge in [0.2, 0.25) is 29.5 Å². The summed E-state index contributed by atoms with van der Waals surface area (Å²) in [5, 5.41) is 37.8. The van der Waals surface area contributed by atoms with Gasteiger partial charge in [0.1, 0.15) is 12.2 Å². The molecule has 3 fully saturated rings. The first-order valence-corrected chi connectivity index (χ1v) is 21.5. The summed E-state index contributed by atoms with van der Waals surface area (Å²) in [5.74, 6) is 0.929. The molecule has 301 valence electrons. The summed E-state index contributed by atoms with van der Waals surface area (Å²) in [4.78, 5) is 62.9. The van der Waals surface area contributed by atoms with Gasteiger partial charge in [-0.2, -0.15) is 11.8 Å². The Kier molecular flexibility index (Phi) is 24.9. The number of hydrogen-bond donors (Lipinski definition) is 6. The van der Waals surface area contributed by atoms with E-state index in [2.05, 4.69) is 16.0 Å². The minimum atomic E-state index is -1.26. The summed E-state index contributed by atoms with van der Waals surface area (Å²) < 4.78 is 5.55. The quantitative estimate of drug-likeness (QED) is 0.0610. The fourth-order valence-electron chi connectivity index (χ4n) is 6.89. The molecule has 14 nitrogen and oxygen atoms in total. The maximum atomic E-state index is 12.6. The molecule has 0 aromatic carbocycles. The average molecular weight is 1000 g/mol. The Hall–Kier alpha value is -0.508. The number of rotatable bonds is 24. The van der Waals surface area contributed by atoms with Crippen LogP contribution >= 0.6 is 23.5 Å². The van der Waals surface area contributed by atoms with Crippen LogP contribution in [-0.4, -0.2) is 130 Å². The Labute approximate surface area is 359 Å². The molecular formula is C36H62AcN5O9S2-. The molecule has 1 saturated carbocycles. The second kappa shape index (κ2) is 27.2. The normalized spacial score (nSPS) is 27.3. The van der Waals surface area contributed by atoms with Gasteiger partial charge in [-0.3, -0.25) is 28.9 Å². The molecule has 17 heteroatoms. The number of nitrogens with zero attached hydrogens (tertiary/aromatic N) is 1. The van der Waals surface area contributed by atoms with Crippen LogP contribution in [0, 0.1) is 55.9 Å². The molecule has 2 heterocycles. The number of likely N-dealkylation sites (tertiary alicyclic amines) is 1. The summed E-state index contributed by atoms with van der Waals surface area (Å²) in [5.41, 5.74) is 7.42. The molecule has 6 atom stereocenters. The topological polar surface area (TPSA) is 218 Å². The third-order valence-electron chi connectivity index (χ3n) is 10.2. The van der Waals surface area contributed by atoms with Gasteiger partial charge in [-0.05, 0) is 82.1 Å². The first-order valence-electron chi connectivity index (χ1n) is 19.2. The third-order valence-corrected chi connectivity index (χ3v) is 12.4. The van der Waals surface area contributed by atoms with Crippen LogP contribution in [0.4, 0.5) is 0 Å². The van der Waals surface area contributed by atoms with Crippen molar-refractivity contribution >= 4 is 53.1 Å². The number of nitrogens with one attached hydrogen (secondary N) is 4. The fraction of sp³-hybridized carbons (Fsp3) is 0.861. The molecule has 0 spiro atoms. The summed E-state index contributed by atoms with van der Waals surface area (Å²) in [6, 6.07) is -0.976. The van der Waals surface area contributed by atoms with Gasteiger partial charge >= 0.3 is 0 Å². The Morgan fingerprint density at radius 2 is 1.40 bits per heavy atom. The van der Waals surface area contributed by atoms with Crippen LogP contribution < -0.4 is 16.0 Å². The summed E-state index contributed by atoms with van der Waals surface area (Å²) in [7, 11) is 0. The van der Waals surface area contributed by atoms with E-state index in [0.717, 1.165) is 83.5 Å². The van der Waals surface area contributed by atoms with Crippen molar-refractivity contribution in [2.24, 2.45) is 11.8 Å². The van der Waals surface area contributed by atoms with E-state index < -0.39 is 36.4 Å². The Morgan fingerprint density at radius 1 is 0.830 bits per heavy atom. The van der Waals surface area contributed by atoms with Crippen molar-refractivity contribution in [1.29, 1.82) is 0 Å². The van der Waals surface area contributed by atoms with E-state index >= 15 is 0 Å². The van der Waals surface area contributed by atoms with Gasteiger partial charge in [0, 0.05) is 95.4 Å². The van der Waals surface area contributed by atoms with E-state index in [1.54, 1.807) is 0 Å². The molecule has 0 bridgehead atoms. The zero-order valence-electron chi connectivity index (χ0n) is 31.3. The Bertz CT molecular complexity index is 1130. The van der Waals surface area contributed by atoms with Gasteiger partial charge in [-0.1, -0.05) is 25.3 Å². The van der Waals surface area contributed by atoms with E-state index in [1.807, 2.05) is 6.26 Å². The van der Waals surface area contributed by atoms with Crippen LogP contribution in [0.2, 0.25) is 0 Å². The maximum Gasteiger partial charge on any atom is 0.242 e. The number of imide groups is 1. The number of carbonyl (C=O) groups excluding carboxylic acids is 5. The number of amides is 5. The molecule has 0 aromatic heterocycles. The van der Waals surface area contributed by atoms with Crippen LogP contribution in [0.25, 0.3) is 5.73 Å². The van der Waals surface area contributed by atoms with E-state index in [1.165, 1.54) is 28.4 Å². The minimum absolute atomic E-state index is 0. The molecule has 3 aliphatic rings. The number of aliphatic hydroxyl groups is 3. The van der Waals surface area contributed by atoms with E-state index in [4.69, 9.17) is 10.5 Å².